The average Bonchev–Trinajstić information content (AvgIpc) is 2.73. The largest absolute Gasteiger partial charge is 0.327 e. The Balaban J connectivity index is 2.38. The molecule has 12 heavy (non-hydrogen) atoms. The first kappa shape index (κ1) is 8.09. The fourth-order valence-electron chi connectivity index (χ4n) is 1.53. The van der Waals surface area contributed by atoms with E-state index in [0.717, 1.165) is 17.0 Å². The molecule has 1 saturated carbocycles. The number of nitrogens with two attached hydrogens (primary N) is 1. The highest BCUT2D eigenvalue weighted by Gasteiger charge is 2.36. The molecule has 1 aromatic carbocycles. The normalized spacial score (nSPS) is 27.2. The molecule has 2 unspecified atom stereocenters. The van der Waals surface area contributed by atoms with Crippen LogP contribution >= 0.6 is 11.6 Å². The summed E-state index contributed by atoms with van der Waals surface area (Å²) < 4.78 is 0. The molecule has 1 aliphatic carbocycles. The molecule has 2 atom stereocenters. The van der Waals surface area contributed by atoms with Crippen molar-refractivity contribution in [1.29, 1.82) is 0 Å². The summed E-state index contributed by atoms with van der Waals surface area (Å²) in [7, 11) is 0. The van der Waals surface area contributed by atoms with Gasteiger partial charge in [0.25, 0.3) is 0 Å². The van der Waals surface area contributed by atoms with Gasteiger partial charge >= 0.3 is 0 Å². The van der Waals surface area contributed by atoms with Gasteiger partial charge in [-0.15, -0.1) is 0 Å². The van der Waals surface area contributed by atoms with Crippen molar-refractivity contribution < 1.29 is 0 Å². The highest BCUT2D eigenvalue weighted by Crippen LogP contribution is 2.42. The number of aryl methyl sites for hydroxylation is 1. The van der Waals surface area contributed by atoms with Gasteiger partial charge < -0.3 is 5.73 Å². The first-order valence-corrected chi connectivity index (χ1v) is 4.58. The van der Waals surface area contributed by atoms with E-state index in [1.54, 1.807) is 0 Å². The van der Waals surface area contributed by atoms with Gasteiger partial charge in [0.2, 0.25) is 0 Å². The van der Waals surface area contributed by atoms with Crippen LogP contribution in [0.1, 0.15) is 23.5 Å². The minimum atomic E-state index is 0.337. The summed E-state index contributed by atoms with van der Waals surface area (Å²) >= 11 is 6.14. The highest BCUT2D eigenvalue weighted by atomic mass is 35.5. The fraction of sp³-hybridized carbons (Fsp3) is 0.400. The van der Waals surface area contributed by atoms with Crippen molar-refractivity contribution in [3.63, 3.8) is 0 Å². The molecule has 0 amide bonds. The Bertz CT molecular complexity index is 309. The molecule has 0 aromatic heterocycles. The predicted octanol–water partition coefficient (Wildman–Crippen LogP) is 2.46. The lowest BCUT2D eigenvalue weighted by Crippen LogP contribution is -2.01. The van der Waals surface area contributed by atoms with Gasteiger partial charge in [-0.25, -0.2) is 0 Å². The lowest BCUT2D eigenvalue weighted by molar-refractivity contribution is 0.989. The summed E-state index contributed by atoms with van der Waals surface area (Å²) in [5.41, 5.74) is 8.13. The molecular formula is C10H12ClN. The number of hydrogen-bond acceptors (Lipinski definition) is 1. The van der Waals surface area contributed by atoms with E-state index in [9.17, 15) is 0 Å². The monoisotopic (exact) mass is 181 g/mol. The number of benzene rings is 1. The maximum Gasteiger partial charge on any atom is 0.0470 e. The van der Waals surface area contributed by atoms with Gasteiger partial charge in [0.15, 0.2) is 0 Å². The Labute approximate surface area is 77.5 Å². The zero-order valence-corrected chi connectivity index (χ0v) is 7.81. The summed E-state index contributed by atoms with van der Waals surface area (Å²) in [6.07, 6.45) is 1.09. The van der Waals surface area contributed by atoms with Gasteiger partial charge in [-0.3, -0.25) is 0 Å². The van der Waals surface area contributed by atoms with Gasteiger partial charge in [0, 0.05) is 17.0 Å². The molecular weight excluding hydrogens is 170 g/mol. The third-order valence-corrected chi connectivity index (χ3v) is 2.98. The molecule has 2 rings (SSSR count). The summed E-state index contributed by atoms with van der Waals surface area (Å²) in [6, 6.07) is 6.48. The molecule has 0 saturated heterocycles. The maximum absolute atomic E-state index is 6.14. The van der Waals surface area contributed by atoms with Crippen molar-refractivity contribution in [1.82, 2.24) is 0 Å². The van der Waals surface area contributed by atoms with Gasteiger partial charge in [-0.2, -0.15) is 0 Å². The lowest BCUT2D eigenvalue weighted by Gasteiger charge is -2.04. The molecule has 2 N–H and O–H groups in total. The van der Waals surface area contributed by atoms with E-state index < -0.39 is 0 Å². The SMILES string of the molecule is Cc1cccc(C2CC2N)c1Cl. The van der Waals surface area contributed by atoms with Gasteiger partial charge in [-0.05, 0) is 24.5 Å². The summed E-state index contributed by atoms with van der Waals surface area (Å²) in [5, 5.41) is 0.899. The highest BCUT2D eigenvalue weighted by molar-refractivity contribution is 6.32. The zero-order valence-electron chi connectivity index (χ0n) is 7.05. The van der Waals surface area contributed by atoms with E-state index in [2.05, 4.69) is 6.07 Å². The molecule has 1 fully saturated rings. The molecule has 0 heterocycles. The van der Waals surface area contributed by atoms with Crippen LogP contribution in [0.2, 0.25) is 5.02 Å². The third kappa shape index (κ3) is 1.23. The molecule has 0 bridgehead atoms. The van der Waals surface area contributed by atoms with Crippen LogP contribution < -0.4 is 5.73 Å². The first-order chi connectivity index (χ1) is 5.70. The quantitative estimate of drug-likeness (QED) is 0.708. The lowest BCUT2D eigenvalue weighted by atomic mass is 10.1. The van der Waals surface area contributed by atoms with E-state index >= 15 is 0 Å². The van der Waals surface area contributed by atoms with Gasteiger partial charge in [-0.1, -0.05) is 29.8 Å². The predicted molar refractivity (Wildman–Crippen MR) is 51.5 cm³/mol. The summed E-state index contributed by atoms with van der Waals surface area (Å²) in [4.78, 5) is 0. The van der Waals surface area contributed by atoms with Crippen LogP contribution in [0.15, 0.2) is 18.2 Å². The Morgan fingerprint density at radius 2 is 2.17 bits per heavy atom. The number of hydrogen-bond donors (Lipinski definition) is 1. The van der Waals surface area contributed by atoms with Crippen LogP contribution in [0.25, 0.3) is 0 Å². The smallest absolute Gasteiger partial charge is 0.0470 e. The molecule has 0 aliphatic heterocycles. The van der Waals surface area contributed by atoms with Crippen LogP contribution in [0.3, 0.4) is 0 Å². The van der Waals surface area contributed by atoms with E-state index in [0.29, 0.717) is 12.0 Å². The van der Waals surface area contributed by atoms with Gasteiger partial charge in [0.05, 0.1) is 0 Å². The molecule has 2 heteroatoms. The molecule has 0 radical (unpaired) electrons. The molecule has 64 valence electrons. The fourth-order valence-corrected chi connectivity index (χ4v) is 1.79. The molecule has 1 aliphatic rings. The van der Waals surface area contributed by atoms with E-state index in [-0.39, 0.29) is 0 Å². The third-order valence-electron chi connectivity index (χ3n) is 2.46. The zero-order chi connectivity index (χ0) is 8.72. The molecule has 0 spiro atoms. The Morgan fingerprint density at radius 3 is 2.75 bits per heavy atom. The van der Waals surface area contributed by atoms with Crippen molar-refractivity contribution in [2.75, 3.05) is 0 Å². The van der Waals surface area contributed by atoms with Crippen molar-refractivity contribution in [3.05, 3.63) is 34.3 Å². The topological polar surface area (TPSA) is 26.0 Å². The van der Waals surface area contributed by atoms with Crippen molar-refractivity contribution in [2.24, 2.45) is 5.73 Å². The van der Waals surface area contributed by atoms with Crippen LogP contribution in [0.4, 0.5) is 0 Å². The van der Waals surface area contributed by atoms with Crippen LogP contribution in [-0.4, -0.2) is 6.04 Å². The minimum absolute atomic E-state index is 0.337. The molecule has 1 aromatic rings. The Hall–Kier alpha value is -0.530. The van der Waals surface area contributed by atoms with Crippen LogP contribution in [-0.2, 0) is 0 Å². The standard InChI is InChI=1S/C10H12ClN/c1-6-3-2-4-7(10(6)11)8-5-9(8)12/h2-4,8-9H,5,12H2,1H3. The van der Waals surface area contributed by atoms with Crippen molar-refractivity contribution in [2.45, 2.75) is 25.3 Å². The first-order valence-electron chi connectivity index (χ1n) is 4.20. The number of halogens is 1. The number of rotatable bonds is 1. The van der Waals surface area contributed by atoms with Crippen LogP contribution in [0.5, 0.6) is 0 Å². The van der Waals surface area contributed by atoms with Crippen molar-refractivity contribution >= 4 is 11.6 Å². The van der Waals surface area contributed by atoms with E-state index in [1.165, 1.54) is 5.56 Å². The summed E-state index contributed by atoms with van der Waals surface area (Å²) in [5.74, 6) is 0.511. The second-order valence-electron chi connectivity index (χ2n) is 3.48. The van der Waals surface area contributed by atoms with Crippen LogP contribution in [0, 0.1) is 6.92 Å². The Kier molecular flexibility index (Phi) is 1.85. The molecule has 1 nitrogen and oxygen atoms in total. The van der Waals surface area contributed by atoms with E-state index in [4.69, 9.17) is 17.3 Å². The van der Waals surface area contributed by atoms with Gasteiger partial charge in [0.1, 0.15) is 0 Å². The maximum atomic E-state index is 6.14. The Morgan fingerprint density at radius 1 is 1.50 bits per heavy atom. The van der Waals surface area contributed by atoms with Crippen molar-refractivity contribution in [3.8, 4) is 0 Å². The summed E-state index contributed by atoms with van der Waals surface area (Å²) in [6.45, 7) is 2.03. The minimum Gasteiger partial charge on any atom is -0.327 e. The average molecular weight is 182 g/mol. The van der Waals surface area contributed by atoms with E-state index in [1.807, 2.05) is 19.1 Å². The second kappa shape index (κ2) is 2.75. The second-order valence-corrected chi connectivity index (χ2v) is 3.86.